The van der Waals surface area contributed by atoms with Gasteiger partial charge in [-0.3, -0.25) is 0 Å². The molecule has 0 aliphatic heterocycles. The van der Waals surface area contributed by atoms with E-state index in [1.165, 1.54) is 18.6 Å². The van der Waals surface area contributed by atoms with Crippen LogP contribution in [0.3, 0.4) is 0 Å². The van der Waals surface area contributed by atoms with E-state index >= 15 is 0 Å². The fourth-order valence-electron chi connectivity index (χ4n) is 3.37. The van der Waals surface area contributed by atoms with Crippen LogP contribution in [-0.2, 0) is 4.18 Å². The minimum absolute atomic E-state index is 0.0866. The molecule has 0 spiro atoms. The molecule has 7 nitrogen and oxygen atoms in total. The molecule has 2 rings (SSSR count). The van der Waals surface area contributed by atoms with Gasteiger partial charge >= 0.3 is 154 Å². The topological polar surface area (TPSA) is 95.5 Å². The third kappa shape index (κ3) is 5.18. The van der Waals surface area contributed by atoms with E-state index in [-0.39, 0.29) is 17.5 Å². The van der Waals surface area contributed by atoms with Crippen LogP contribution in [0.1, 0.15) is 26.2 Å². The first-order chi connectivity index (χ1) is 11.6. The van der Waals surface area contributed by atoms with Crippen LogP contribution in [0, 0.1) is 26.1 Å². The molecule has 9 heteroatoms. The summed E-state index contributed by atoms with van der Waals surface area (Å²) < 4.78 is 6.62. The summed E-state index contributed by atoms with van der Waals surface area (Å²) >= 11 is -0.942. The third-order valence-corrected chi connectivity index (χ3v) is 11.7. The number of nitro benzene ring substituents is 2. The zero-order valence-electron chi connectivity index (χ0n) is 14.9. The molecule has 3 atom stereocenters. The van der Waals surface area contributed by atoms with Gasteiger partial charge in [0.15, 0.2) is 0 Å². The molecule has 1 aliphatic rings. The molecule has 1 saturated carbocycles. The Labute approximate surface area is 154 Å². The van der Waals surface area contributed by atoms with E-state index in [4.69, 9.17) is 4.18 Å². The van der Waals surface area contributed by atoms with Crippen LogP contribution in [-0.4, -0.2) is 29.2 Å². The molecule has 0 saturated heterocycles. The van der Waals surface area contributed by atoms with E-state index in [9.17, 15) is 20.2 Å². The summed E-state index contributed by atoms with van der Waals surface area (Å²) in [6.45, 7) is 2.21. The minimum atomic E-state index is -1.93. The summed E-state index contributed by atoms with van der Waals surface area (Å²) in [5.74, 6) is 7.70. The summed E-state index contributed by atoms with van der Waals surface area (Å²) in [4.78, 5) is 21.2. The van der Waals surface area contributed by atoms with E-state index in [1.54, 1.807) is 0 Å². The van der Waals surface area contributed by atoms with Gasteiger partial charge in [-0.15, -0.1) is 0 Å². The molecule has 1 aromatic rings. The molecule has 0 heterocycles. The molecular weight excluding hydrogens is 405 g/mol. The SMILES string of the molecule is C[C@H]1CC[C@@H]([Ge]([CH3])([CH3])[CH3])[C@H](OSc2ccc([N+](=O)[O-])cc2[N+](=O)[O-])C1. The van der Waals surface area contributed by atoms with Gasteiger partial charge < -0.3 is 0 Å². The summed E-state index contributed by atoms with van der Waals surface area (Å²) in [6.07, 6.45) is 3.40. The monoisotopic (exact) mass is 430 g/mol. The zero-order chi connectivity index (χ0) is 18.8. The van der Waals surface area contributed by atoms with Gasteiger partial charge in [0.25, 0.3) is 0 Å². The first-order valence-corrected chi connectivity index (χ1v) is 16.6. The van der Waals surface area contributed by atoms with Crippen molar-refractivity contribution in [2.45, 2.75) is 59.2 Å². The van der Waals surface area contributed by atoms with Crippen molar-refractivity contribution in [3.8, 4) is 0 Å². The zero-order valence-corrected chi connectivity index (χ0v) is 17.8. The van der Waals surface area contributed by atoms with Crippen LogP contribution < -0.4 is 0 Å². The number of hydrogen-bond acceptors (Lipinski definition) is 6. The Bertz CT molecular complexity index is 664. The average molecular weight is 429 g/mol. The number of hydrogen-bond donors (Lipinski definition) is 0. The molecule has 0 unspecified atom stereocenters. The van der Waals surface area contributed by atoms with E-state index in [2.05, 4.69) is 24.2 Å². The molecule has 0 aromatic heterocycles. The quantitative estimate of drug-likeness (QED) is 0.259. The number of rotatable bonds is 6. The Morgan fingerprint density at radius 1 is 1.16 bits per heavy atom. The predicted molar refractivity (Wildman–Crippen MR) is 101 cm³/mol. The van der Waals surface area contributed by atoms with Gasteiger partial charge in [0.2, 0.25) is 0 Å². The predicted octanol–water partition coefficient (Wildman–Crippen LogP) is 5.42. The number of nitro groups is 2. The van der Waals surface area contributed by atoms with Gasteiger partial charge in [0.1, 0.15) is 0 Å². The number of benzene rings is 1. The van der Waals surface area contributed by atoms with Crippen molar-refractivity contribution in [1.29, 1.82) is 0 Å². The van der Waals surface area contributed by atoms with Gasteiger partial charge in [0, 0.05) is 0 Å². The fourth-order valence-corrected chi connectivity index (χ4v) is 9.30. The van der Waals surface area contributed by atoms with Crippen molar-refractivity contribution >= 4 is 36.7 Å². The van der Waals surface area contributed by atoms with Gasteiger partial charge in [-0.2, -0.15) is 0 Å². The number of non-ortho nitro benzene ring substituents is 1. The van der Waals surface area contributed by atoms with Crippen molar-refractivity contribution in [3.63, 3.8) is 0 Å². The molecule has 0 bridgehead atoms. The first-order valence-electron chi connectivity index (χ1n) is 8.35. The molecule has 0 amide bonds. The van der Waals surface area contributed by atoms with Gasteiger partial charge in [-0.1, -0.05) is 0 Å². The van der Waals surface area contributed by atoms with Crippen LogP contribution in [0.5, 0.6) is 0 Å². The van der Waals surface area contributed by atoms with Crippen LogP contribution in [0.15, 0.2) is 23.1 Å². The van der Waals surface area contributed by atoms with Crippen LogP contribution in [0.25, 0.3) is 0 Å². The van der Waals surface area contributed by atoms with Crippen molar-refractivity contribution in [2.24, 2.45) is 5.92 Å². The maximum absolute atomic E-state index is 11.2. The second-order valence-electron chi connectivity index (χ2n) is 7.77. The van der Waals surface area contributed by atoms with Crippen LogP contribution >= 0.6 is 12.0 Å². The normalized spacial score (nSPS) is 24.1. The molecule has 0 N–H and O–H groups in total. The van der Waals surface area contributed by atoms with E-state index < -0.39 is 23.1 Å². The van der Waals surface area contributed by atoms with Crippen molar-refractivity contribution < 1.29 is 14.0 Å². The fraction of sp³-hybridized carbons (Fsp3) is 0.625. The molecule has 0 radical (unpaired) electrons. The number of nitrogens with zero attached hydrogens (tertiary/aromatic N) is 2. The van der Waals surface area contributed by atoms with Gasteiger partial charge in [-0.25, -0.2) is 0 Å². The van der Waals surface area contributed by atoms with Crippen LogP contribution in [0.4, 0.5) is 11.4 Å². The molecule has 1 aliphatic carbocycles. The first kappa shape index (κ1) is 20.2. The van der Waals surface area contributed by atoms with Gasteiger partial charge in [0.05, 0.1) is 0 Å². The average Bonchev–Trinajstić information content (AvgIpc) is 2.51. The van der Waals surface area contributed by atoms with Crippen molar-refractivity contribution in [1.82, 2.24) is 0 Å². The summed E-state index contributed by atoms with van der Waals surface area (Å²) in [5.41, 5.74) is -0.568. The second kappa shape index (κ2) is 8.05. The Balaban J connectivity index is 2.18. The molecule has 138 valence electrons. The van der Waals surface area contributed by atoms with Crippen molar-refractivity contribution in [3.05, 3.63) is 38.4 Å². The van der Waals surface area contributed by atoms with Crippen molar-refractivity contribution in [2.75, 3.05) is 0 Å². The van der Waals surface area contributed by atoms with E-state index in [1.807, 2.05) is 0 Å². The summed E-state index contributed by atoms with van der Waals surface area (Å²) in [7, 11) is 0. The second-order valence-corrected chi connectivity index (χ2v) is 20.1. The van der Waals surface area contributed by atoms with Gasteiger partial charge in [-0.05, 0) is 0 Å². The van der Waals surface area contributed by atoms with Crippen LogP contribution in [0.2, 0.25) is 22.0 Å². The Kier molecular flexibility index (Phi) is 6.50. The maximum atomic E-state index is 11.2. The Hall–Kier alpha value is -1.13. The van der Waals surface area contributed by atoms with E-state index in [0.29, 0.717) is 15.6 Å². The molecule has 25 heavy (non-hydrogen) atoms. The molecular formula is C16H24GeN2O5S. The Morgan fingerprint density at radius 2 is 1.84 bits per heavy atom. The third-order valence-electron chi connectivity index (χ3n) is 4.78. The summed E-state index contributed by atoms with van der Waals surface area (Å²) in [6, 6.07) is 3.68. The van der Waals surface area contributed by atoms with E-state index in [0.717, 1.165) is 31.0 Å². The molecule has 1 fully saturated rings. The summed E-state index contributed by atoms with van der Waals surface area (Å²) in [5, 5.41) is 22.1. The Morgan fingerprint density at radius 3 is 2.40 bits per heavy atom. The molecule has 1 aromatic carbocycles. The standard InChI is InChI=1S/C16H24GeN2O5S/c1-11-5-7-13(17(2,3)4)15(9-11)24-25-16-8-6-12(18(20)21)10-14(16)19(22)23/h6,8,10-11,13,15H,5,7,9H2,1-4H3/t11-,13+,15+/m0/s1.